The second kappa shape index (κ2) is 6.93. The van der Waals surface area contributed by atoms with Crippen molar-refractivity contribution in [3.05, 3.63) is 74.1 Å². The number of hydrogen-bond donors (Lipinski definition) is 2. The van der Waals surface area contributed by atoms with E-state index >= 15 is 0 Å². The predicted octanol–water partition coefficient (Wildman–Crippen LogP) is 2.44. The number of hydrogen-bond acceptors (Lipinski definition) is 4. The van der Waals surface area contributed by atoms with Gasteiger partial charge in [-0.05, 0) is 44.2 Å². The standard InChI is InChI=1S/C23H24N4O3/c1-2-27-19-18(21(29)26-22(27)30)16(12-17(25-19)14-8-9-14)20(28)24-13-23(10-11-23)15-6-4-3-5-7-15/h3-7,12,14H,2,8-11,13H2,1H3,(H,24,28)(H,26,29,30). The number of aryl methyl sites for hydroxylation is 1. The summed E-state index contributed by atoms with van der Waals surface area (Å²) in [6.45, 7) is 2.70. The summed E-state index contributed by atoms with van der Waals surface area (Å²) in [4.78, 5) is 45.0. The highest BCUT2D eigenvalue weighted by molar-refractivity contribution is 6.05. The number of aromatic nitrogens is 3. The molecule has 0 unspecified atom stereocenters. The molecule has 2 aliphatic rings. The molecule has 0 bridgehead atoms. The molecule has 2 N–H and O–H groups in total. The van der Waals surface area contributed by atoms with Crippen LogP contribution in [0.25, 0.3) is 11.0 Å². The second-order valence-corrected chi connectivity index (χ2v) is 8.40. The smallest absolute Gasteiger partial charge is 0.329 e. The van der Waals surface area contributed by atoms with E-state index in [1.807, 2.05) is 25.1 Å². The first-order valence-corrected chi connectivity index (χ1v) is 10.5. The Balaban J connectivity index is 1.54. The van der Waals surface area contributed by atoms with Crippen molar-refractivity contribution in [1.29, 1.82) is 0 Å². The molecule has 2 fully saturated rings. The molecule has 5 rings (SSSR count). The molecule has 0 radical (unpaired) electrons. The first-order chi connectivity index (χ1) is 14.5. The van der Waals surface area contributed by atoms with Crippen LogP contribution in [0.4, 0.5) is 0 Å². The summed E-state index contributed by atoms with van der Waals surface area (Å²) >= 11 is 0. The van der Waals surface area contributed by atoms with Gasteiger partial charge in [-0.1, -0.05) is 30.3 Å². The summed E-state index contributed by atoms with van der Waals surface area (Å²) in [5.74, 6) is -0.00181. The van der Waals surface area contributed by atoms with E-state index in [9.17, 15) is 14.4 Å². The average molecular weight is 404 g/mol. The van der Waals surface area contributed by atoms with Crippen molar-refractivity contribution in [2.45, 2.75) is 50.5 Å². The van der Waals surface area contributed by atoms with Gasteiger partial charge < -0.3 is 5.32 Å². The number of pyridine rings is 1. The van der Waals surface area contributed by atoms with E-state index in [0.717, 1.165) is 31.4 Å². The summed E-state index contributed by atoms with van der Waals surface area (Å²) < 4.78 is 1.42. The van der Waals surface area contributed by atoms with Gasteiger partial charge in [-0.15, -0.1) is 0 Å². The van der Waals surface area contributed by atoms with E-state index in [2.05, 4.69) is 27.4 Å². The number of nitrogens with zero attached hydrogens (tertiary/aromatic N) is 2. The molecular weight excluding hydrogens is 380 g/mol. The molecule has 2 heterocycles. The highest BCUT2D eigenvalue weighted by atomic mass is 16.2. The topological polar surface area (TPSA) is 96.9 Å². The molecule has 0 atom stereocenters. The Bertz CT molecular complexity index is 1250. The molecule has 2 saturated carbocycles. The lowest BCUT2D eigenvalue weighted by Crippen LogP contribution is -2.35. The Hall–Kier alpha value is -3.22. The minimum atomic E-state index is -0.566. The monoisotopic (exact) mass is 404 g/mol. The van der Waals surface area contributed by atoms with Crippen molar-refractivity contribution in [2.75, 3.05) is 6.54 Å². The molecule has 2 aliphatic carbocycles. The van der Waals surface area contributed by atoms with Gasteiger partial charge >= 0.3 is 5.69 Å². The lowest BCUT2D eigenvalue weighted by molar-refractivity contribution is 0.0951. The van der Waals surface area contributed by atoms with Crippen molar-refractivity contribution >= 4 is 16.9 Å². The van der Waals surface area contributed by atoms with E-state index < -0.39 is 11.2 Å². The number of benzene rings is 1. The summed E-state index contributed by atoms with van der Waals surface area (Å²) in [6, 6.07) is 11.9. The number of carbonyl (C=O) groups is 1. The quantitative estimate of drug-likeness (QED) is 0.659. The Morgan fingerprint density at radius 2 is 1.97 bits per heavy atom. The fourth-order valence-corrected chi connectivity index (χ4v) is 4.21. The third-order valence-electron chi connectivity index (χ3n) is 6.35. The van der Waals surface area contributed by atoms with Gasteiger partial charge in [0.1, 0.15) is 0 Å². The molecule has 1 amide bonds. The van der Waals surface area contributed by atoms with Crippen LogP contribution in [0.2, 0.25) is 0 Å². The zero-order chi connectivity index (χ0) is 20.9. The van der Waals surface area contributed by atoms with Gasteiger partial charge in [0.25, 0.3) is 11.5 Å². The predicted molar refractivity (Wildman–Crippen MR) is 114 cm³/mol. The highest BCUT2D eigenvalue weighted by Gasteiger charge is 2.44. The number of aromatic amines is 1. The lowest BCUT2D eigenvalue weighted by atomic mass is 9.96. The van der Waals surface area contributed by atoms with Gasteiger partial charge in [0, 0.05) is 30.1 Å². The number of H-pyrrole nitrogens is 1. The molecule has 30 heavy (non-hydrogen) atoms. The average Bonchev–Trinajstić information content (AvgIpc) is 3.67. The fourth-order valence-electron chi connectivity index (χ4n) is 4.21. The van der Waals surface area contributed by atoms with E-state index in [0.29, 0.717) is 30.2 Å². The highest BCUT2D eigenvalue weighted by Crippen LogP contribution is 2.47. The Morgan fingerprint density at radius 1 is 1.23 bits per heavy atom. The van der Waals surface area contributed by atoms with Crippen LogP contribution in [0.5, 0.6) is 0 Å². The summed E-state index contributed by atoms with van der Waals surface area (Å²) in [6.07, 6.45) is 4.07. The van der Waals surface area contributed by atoms with Gasteiger partial charge in [0.05, 0.1) is 10.9 Å². The number of carbonyl (C=O) groups excluding carboxylic acids is 1. The Morgan fingerprint density at radius 3 is 2.60 bits per heavy atom. The normalized spacial score (nSPS) is 17.1. The maximum absolute atomic E-state index is 13.2. The van der Waals surface area contributed by atoms with Crippen LogP contribution < -0.4 is 16.6 Å². The van der Waals surface area contributed by atoms with Crippen molar-refractivity contribution in [3.63, 3.8) is 0 Å². The van der Waals surface area contributed by atoms with Gasteiger partial charge in [-0.25, -0.2) is 9.78 Å². The molecule has 7 heteroatoms. The van der Waals surface area contributed by atoms with Gasteiger partial charge in [0.2, 0.25) is 0 Å². The van der Waals surface area contributed by atoms with Crippen LogP contribution in [0.3, 0.4) is 0 Å². The maximum Gasteiger partial charge on any atom is 0.329 e. The van der Waals surface area contributed by atoms with E-state index in [-0.39, 0.29) is 16.7 Å². The van der Waals surface area contributed by atoms with E-state index in [1.165, 1.54) is 10.1 Å². The Kier molecular flexibility index (Phi) is 4.34. The number of nitrogens with one attached hydrogen (secondary N) is 2. The molecule has 0 aliphatic heterocycles. The summed E-state index contributed by atoms with van der Waals surface area (Å²) in [7, 11) is 0. The molecular formula is C23H24N4O3. The first kappa shape index (κ1) is 18.8. The minimum absolute atomic E-state index is 0.0307. The molecule has 2 aromatic heterocycles. The largest absolute Gasteiger partial charge is 0.351 e. The van der Waals surface area contributed by atoms with Crippen molar-refractivity contribution in [2.24, 2.45) is 0 Å². The van der Waals surface area contributed by atoms with Crippen LogP contribution in [0.15, 0.2) is 46.0 Å². The third-order valence-corrected chi connectivity index (χ3v) is 6.35. The van der Waals surface area contributed by atoms with Crippen molar-refractivity contribution in [1.82, 2.24) is 19.9 Å². The first-order valence-electron chi connectivity index (χ1n) is 10.5. The Labute approximate surface area is 173 Å². The minimum Gasteiger partial charge on any atom is -0.351 e. The van der Waals surface area contributed by atoms with Crippen LogP contribution in [-0.2, 0) is 12.0 Å². The number of fused-ring (bicyclic) bond motifs is 1. The van der Waals surface area contributed by atoms with Gasteiger partial charge in [0.15, 0.2) is 5.65 Å². The zero-order valence-corrected chi connectivity index (χ0v) is 16.9. The van der Waals surface area contributed by atoms with Crippen LogP contribution in [-0.4, -0.2) is 27.0 Å². The number of rotatable bonds is 6. The van der Waals surface area contributed by atoms with E-state index in [1.54, 1.807) is 6.07 Å². The molecule has 1 aromatic carbocycles. The molecule has 3 aromatic rings. The van der Waals surface area contributed by atoms with Crippen molar-refractivity contribution < 1.29 is 4.79 Å². The van der Waals surface area contributed by atoms with Crippen molar-refractivity contribution in [3.8, 4) is 0 Å². The molecule has 0 saturated heterocycles. The summed E-state index contributed by atoms with van der Waals surface area (Å²) in [5, 5.41) is 3.23. The van der Waals surface area contributed by atoms with Crippen LogP contribution in [0.1, 0.15) is 60.1 Å². The SMILES string of the molecule is CCn1c(=O)[nH]c(=O)c2c(C(=O)NCC3(c4ccccc4)CC3)cc(C3CC3)nc21. The van der Waals surface area contributed by atoms with Gasteiger partial charge in [-0.2, -0.15) is 0 Å². The third kappa shape index (κ3) is 3.14. The molecule has 154 valence electrons. The van der Waals surface area contributed by atoms with Crippen LogP contribution in [0, 0.1) is 0 Å². The maximum atomic E-state index is 13.2. The molecule has 7 nitrogen and oxygen atoms in total. The summed E-state index contributed by atoms with van der Waals surface area (Å²) in [5.41, 5.74) is 1.51. The fraction of sp³-hybridized carbons (Fsp3) is 0.391. The van der Waals surface area contributed by atoms with Crippen LogP contribution >= 0.6 is 0 Å². The zero-order valence-electron chi connectivity index (χ0n) is 16.9. The lowest BCUT2D eigenvalue weighted by Gasteiger charge is -2.17. The van der Waals surface area contributed by atoms with Gasteiger partial charge in [-0.3, -0.25) is 19.1 Å². The number of amides is 1. The molecule has 0 spiro atoms. The van der Waals surface area contributed by atoms with E-state index in [4.69, 9.17) is 0 Å². The second-order valence-electron chi connectivity index (χ2n) is 8.40.